The lowest BCUT2D eigenvalue weighted by molar-refractivity contribution is -0.138. The molecule has 7 heteroatoms. The fourth-order valence-electron chi connectivity index (χ4n) is 1.41. The lowest BCUT2D eigenvalue weighted by atomic mass is 10.0. The van der Waals surface area contributed by atoms with E-state index >= 15 is 0 Å². The largest absolute Gasteiger partial charge is 0.418 e. The van der Waals surface area contributed by atoms with Crippen LogP contribution in [0.1, 0.15) is 28.8 Å². The Balaban J connectivity index is 3.44. The van der Waals surface area contributed by atoms with Gasteiger partial charge in [-0.05, 0) is 12.5 Å². The van der Waals surface area contributed by atoms with E-state index in [9.17, 15) is 22.0 Å². The maximum absolute atomic E-state index is 12.6. The summed E-state index contributed by atoms with van der Waals surface area (Å²) >= 11 is 0. The van der Waals surface area contributed by atoms with Crippen LogP contribution in [0, 0.1) is 6.92 Å². The van der Waals surface area contributed by atoms with Gasteiger partial charge < -0.3 is 5.73 Å². The van der Waals surface area contributed by atoms with Crippen LogP contribution in [0.2, 0.25) is 0 Å². The highest BCUT2D eigenvalue weighted by Crippen LogP contribution is 2.36. The van der Waals surface area contributed by atoms with Crippen LogP contribution in [0.3, 0.4) is 0 Å². The molecule has 0 aliphatic carbocycles. The van der Waals surface area contributed by atoms with Crippen molar-refractivity contribution >= 4 is 0 Å². The molecule has 2 nitrogen and oxygen atoms in total. The van der Waals surface area contributed by atoms with Gasteiger partial charge in [-0.25, -0.2) is 8.78 Å². The summed E-state index contributed by atoms with van der Waals surface area (Å²) in [7, 11) is 0. The van der Waals surface area contributed by atoms with Crippen molar-refractivity contribution in [2.45, 2.75) is 26.1 Å². The molecule has 0 fully saturated rings. The van der Waals surface area contributed by atoms with E-state index in [2.05, 4.69) is 4.98 Å². The summed E-state index contributed by atoms with van der Waals surface area (Å²) in [5.41, 5.74) is 2.54. The minimum atomic E-state index is -4.69. The van der Waals surface area contributed by atoms with Gasteiger partial charge in [-0.15, -0.1) is 0 Å². The monoisotopic (exact) mass is 240 g/mol. The molecule has 0 aromatic carbocycles. The second-order valence-electron chi connectivity index (χ2n) is 3.16. The zero-order valence-corrected chi connectivity index (χ0v) is 8.28. The molecule has 0 bridgehead atoms. The summed E-state index contributed by atoms with van der Waals surface area (Å²) in [5.74, 6) is 0. The first-order valence-electron chi connectivity index (χ1n) is 4.32. The Hall–Kier alpha value is -1.24. The van der Waals surface area contributed by atoms with Gasteiger partial charge in [0.25, 0.3) is 6.43 Å². The molecule has 0 spiro atoms. The van der Waals surface area contributed by atoms with Crippen molar-refractivity contribution < 1.29 is 22.0 Å². The number of rotatable bonds is 2. The first-order valence-corrected chi connectivity index (χ1v) is 4.32. The molecule has 1 rings (SSSR count). The standard InChI is InChI=1S/C9H9F5N2/c1-4-5(9(12,13)14)3-16-6(2-15)7(4)8(10)11/h3,8H,2,15H2,1H3. The molecule has 0 radical (unpaired) electrons. The van der Waals surface area contributed by atoms with E-state index in [1.54, 1.807) is 0 Å². The first-order chi connectivity index (χ1) is 7.29. The summed E-state index contributed by atoms with van der Waals surface area (Å²) in [4.78, 5) is 3.32. The maximum atomic E-state index is 12.6. The van der Waals surface area contributed by atoms with Gasteiger partial charge in [0.15, 0.2) is 0 Å². The van der Waals surface area contributed by atoms with Crippen molar-refractivity contribution in [3.63, 3.8) is 0 Å². The van der Waals surface area contributed by atoms with Gasteiger partial charge in [-0.1, -0.05) is 0 Å². The lowest BCUT2D eigenvalue weighted by Gasteiger charge is -2.15. The molecule has 0 amide bonds. The van der Waals surface area contributed by atoms with Gasteiger partial charge in [0.2, 0.25) is 0 Å². The molecule has 16 heavy (non-hydrogen) atoms. The number of halogens is 5. The predicted molar refractivity (Wildman–Crippen MR) is 46.8 cm³/mol. The van der Waals surface area contributed by atoms with Crippen molar-refractivity contribution in [2.75, 3.05) is 0 Å². The molecular formula is C9H9F5N2. The van der Waals surface area contributed by atoms with E-state index in [1.807, 2.05) is 0 Å². The topological polar surface area (TPSA) is 38.9 Å². The van der Waals surface area contributed by atoms with Gasteiger partial charge in [0.05, 0.1) is 11.3 Å². The Labute approximate surface area is 88.3 Å². The molecule has 0 atom stereocenters. The molecule has 90 valence electrons. The highest BCUT2D eigenvalue weighted by atomic mass is 19.4. The Kier molecular flexibility index (Phi) is 3.47. The summed E-state index contributed by atoms with van der Waals surface area (Å²) in [5, 5.41) is 0. The van der Waals surface area contributed by atoms with E-state index in [-0.39, 0.29) is 12.2 Å². The predicted octanol–water partition coefficient (Wildman–Crippen LogP) is 2.81. The van der Waals surface area contributed by atoms with E-state index in [0.717, 1.165) is 6.92 Å². The third-order valence-electron chi connectivity index (χ3n) is 2.19. The fraction of sp³-hybridized carbons (Fsp3) is 0.444. The quantitative estimate of drug-likeness (QED) is 0.807. The Morgan fingerprint density at radius 1 is 1.38 bits per heavy atom. The molecule has 0 aliphatic heterocycles. The number of nitrogens with two attached hydrogens (primary N) is 1. The minimum Gasteiger partial charge on any atom is -0.325 e. The van der Waals surface area contributed by atoms with Crippen LogP contribution < -0.4 is 5.73 Å². The van der Waals surface area contributed by atoms with Gasteiger partial charge in [-0.2, -0.15) is 13.2 Å². The molecule has 0 saturated carbocycles. The van der Waals surface area contributed by atoms with Crippen molar-refractivity contribution in [2.24, 2.45) is 5.73 Å². The average molecular weight is 240 g/mol. The second kappa shape index (κ2) is 4.32. The number of hydrogen-bond acceptors (Lipinski definition) is 2. The normalized spacial score (nSPS) is 12.2. The summed E-state index contributed by atoms with van der Waals surface area (Å²) in [6, 6.07) is 0. The first kappa shape index (κ1) is 12.8. The molecule has 1 heterocycles. The van der Waals surface area contributed by atoms with Crippen molar-refractivity contribution in [3.8, 4) is 0 Å². The third kappa shape index (κ3) is 2.29. The summed E-state index contributed by atoms with van der Waals surface area (Å²) in [6.45, 7) is 0.670. The smallest absolute Gasteiger partial charge is 0.325 e. The zero-order chi connectivity index (χ0) is 12.5. The molecule has 0 saturated heterocycles. The number of pyridine rings is 1. The van der Waals surface area contributed by atoms with E-state index < -0.39 is 29.3 Å². The fourth-order valence-corrected chi connectivity index (χ4v) is 1.41. The van der Waals surface area contributed by atoms with Crippen LogP contribution in [-0.2, 0) is 12.7 Å². The third-order valence-corrected chi connectivity index (χ3v) is 2.19. The zero-order valence-electron chi connectivity index (χ0n) is 8.28. The second-order valence-corrected chi connectivity index (χ2v) is 3.16. The van der Waals surface area contributed by atoms with Crippen LogP contribution >= 0.6 is 0 Å². The van der Waals surface area contributed by atoms with Crippen molar-refractivity contribution in [3.05, 3.63) is 28.6 Å². The number of alkyl halides is 5. The Morgan fingerprint density at radius 2 is 1.94 bits per heavy atom. The van der Waals surface area contributed by atoms with Crippen LogP contribution in [-0.4, -0.2) is 4.98 Å². The number of hydrogen-bond donors (Lipinski definition) is 1. The number of aromatic nitrogens is 1. The van der Waals surface area contributed by atoms with Gasteiger partial charge in [-0.3, -0.25) is 4.98 Å². The van der Waals surface area contributed by atoms with Crippen LogP contribution in [0.5, 0.6) is 0 Å². The summed E-state index contributed by atoms with van der Waals surface area (Å²) in [6.07, 6.45) is -7.18. The van der Waals surface area contributed by atoms with Gasteiger partial charge in [0, 0.05) is 18.3 Å². The van der Waals surface area contributed by atoms with Crippen LogP contribution in [0.25, 0.3) is 0 Å². The molecule has 0 unspecified atom stereocenters. The molecule has 1 aromatic rings. The summed E-state index contributed by atoms with van der Waals surface area (Å²) < 4.78 is 62.4. The van der Waals surface area contributed by atoms with E-state index in [0.29, 0.717) is 6.20 Å². The van der Waals surface area contributed by atoms with E-state index in [4.69, 9.17) is 5.73 Å². The number of nitrogens with zero attached hydrogens (tertiary/aromatic N) is 1. The lowest BCUT2D eigenvalue weighted by Crippen LogP contribution is -2.14. The average Bonchev–Trinajstić information content (AvgIpc) is 2.14. The minimum absolute atomic E-state index is 0.208. The van der Waals surface area contributed by atoms with Crippen molar-refractivity contribution in [1.82, 2.24) is 4.98 Å². The highest BCUT2D eigenvalue weighted by Gasteiger charge is 2.35. The Bertz CT molecular complexity index is 386. The maximum Gasteiger partial charge on any atom is 0.418 e. The molecular weight excluding hydrogens is 231 g/mol. The van der Waals surface area contributed by atoms with E-state index in [1.165, 1.54) is 0 Å². The van der Waals surface area contributed by atoms with Crippen LogP contribution in [0.15, 0.2) is 6.20 Å². The van der Waals surface area contributed by atoms with Gasteiger partial charge >= 0.3 is 6.18 Å². The highest BCUT2D eigenvalue weighted by molar-refractivity contribution is 5.38. The van der Waals surface area contributed by atoms with Crippen LogP contribution in [0.4, 0.5) is 22.0 Å². The molecule has 0 aliphatic rings. The SMILES string of the molecule is Cc1c(C(F)(F)F)cnc(CN)c1C(F)F. The van der Waals surface area contributed by atoms with Gasteiger partial charge in [0.1, 0.15) is 0 Å². The molecule has 1 aromatic heterocycles. The Morgan fingerprint density at radius 3 is 2.31 bits per heavy atom. The van der Waals surface area contributed by atoms with Crippen molar-refractivity contribution in [1.29, 1.82) is 0 Å². The molecule has 2 N–H and O–H groups in total.